The number of hydrogen-bond acceptors (Lipinski definition) is 7. The fourth-order valence-electron chi connectivity index (χ4n) is 3.34. The van der Waals surface area contributed by atoms with Crippen LogP contribution in [0.1, 0.15) is 49.7 Å². The highest BCUT2D eigenvalue weighted by molar-refractivity contribution is 7.89. The Morgan fingerprint density at radius 2 is 1.97 bits per heavy atom. The van der Waals surface area contributed by atoms with E-state index < -0.39 is 37.5 Å². The number of amides is 1. The van der Waals surface area contributed by atoms with E-state index in [2.05, 4.69) is 15.1 Å². The van der Waals surface area contributed by atoms with E-state index in [1.54, 1.807) is 45.0 Å². The number of non-ortho nitro benzene ring substituents is 1. The zero-order valence-electron chi connectivity index (χ0n) is 20.8. The lowest BCUT2D eigenvalue weighted by atomic mass is 10.2. The van der Waals surface area contributed by atoms with Gasteiger partial charge >= 0.3 is 0 Å². The molecule has 0 fully saturated rings. The first-order valence-corrected chi connectivity index (χ1v) is 13.5. The molecule has 1 amide bonds. The summed E-state index contributed by atoms with van der Waals surface area (Å²) < 4.78 is 36.3. The molecule has 1 heterocycles. The van der Waals surface area contributed by atoms with Crippen LogP contribution >= 0.6 is 11.6 Å². The molecule has 3 aromatic rings. The summed E-state index contributed by atoms with van der Waals surface area (Å²) in [5.41, 5.74) is 0.457. The molecule has 2 N–H and O–H groups in total. The van der Waals surface area contributed by atoms with Gasteiger partial charge in [0.25, 0.3) is 11.6 Å². The molecule has 1 atom stereocenters. The second kappa shape index (κ2) is 11.7. The Hall–Kier alpha value is -3.48. The van der Waals surface area contributed by atoms with Crippen LogP contribution in [0.4, 0.5) is 5.69 Å². The molecule has 0 unspecified atom stereocenters. The average molecular weight is 550 g/mol. The summed E-state index contributed by atoms with van der Waals surface area (Å²) in [5.74, 6) is -0.550. The van der Waals surface area contributed by atoms with Crippen LogP contribution in [0.2, 0.25) is 5.02 Å². The van der Waals surface area contributed by atoms with Crippen molar-refractivity contribution in [2.24, 2.45) is 0 Å². The molecule has 11 nitrogen and oxygen atoms in total. The molecule has 0 spiro atoms. The summed E-state index contributed by atoms with van der Waals surface area (Å²) in [5, 5.41) is 19.0. The number of aromatic nitrogens is 2. The third kappa shape index (κ3) is 6.45. The predicted molar refractivity (Wildman–Crippen MR) is 139 cm³/mol. The van der Waals surface area contributed by atoms with Gasteiger partial charge in [0.15, 0.2) is 5.69 Å². The summed E-state index contributed by atoms with van der Waals surface area (Å²) in [6.45, 7) is 7.44. The molecular formula is C24H28ClN5O6S. The van der Waals surface area contributed by atoms with Gasteiger partial charge in [-0.05, 0) is 51.0 Å². The Morgan fingerprint density at radius 1 is 1.24 bits per heavy atom. The van der Waals surface area contributed by atoms with Gasteiger partial charge in [-0.1, -0.05) is 31.5 Å². The van der Waals surface area contributed by atoms with Crippen molar-refractivity contribution in [1.82, 2.24) is 19.8 Å². The van der Waals surface area contributed by atoms with Gasteiger partial charge < -0.3 is 10.1 Å². The summed E-state index contributed by atoms with van der Waals surface area (Å²) in [6.07, 6.45) is 1.22. The number of nitrogens with one attached hydrogen (secondary N) is 2. The van der Waals surface area contributed by atoms with E-state index >= 15 is 0 Å². The third-order valence-corrected chi connectivity index (χ3v) is 7.32. The number of halogens is 1. The quantitative estimate of drug-likeness (QED) is 0.259. The minimum absolute atomic E-state index is 0.0535. The van der Waals surface area contributed by atoms with E-state index in [1.807, 2.05) is 6.92 Å². The molecule has 2 aromatic carbocycles. The second-order valence-electron chi connectivity index (χ2n) is 8.35. The highest BCUT2D eigenvalue weighted by atomic mass is 35.5. The normalized spacial score (nSPS) is 12.2. The minimum atomic E-state index is -4.21. The Kier molecular flexibility index (Phi) is 8.89. The molecule has 37 heavy (non-hydrogen) atoms. The number of benzene rings is 2. The zero-order valence-corrected chi connectivity index (χ0v) is 22.4. The first-order chi connectivity index (χ1) is 17.5. The molecule has 13 heteroatoms. The highest BCUT2D eigenvalue weighted by Crippen LogP contribution is 2.36. The Morgan fingerprint density at radius 3 is 2.59 bits per heavy atom. The standard InChI is InChI=1S/C24H28ClN5O6S/c1-5-12-26-23(31)22-16(4)24(29(27-22)18-9-7-8-17(25)13-18)36-20-11-10-19(30(32)33)14-21(20)37(34,35)28-15(3)6-2/h7-11,13-15,28H,5-6,12H2,1-4H3,(H,26,31)/t15-/m1/s1. The molecule has 0 saturated heterocycles. The lowest BCUT2D eigenvalue weighted by molar-refractivity contribution is -0.385. The summed E-state index contributed by atoms with van der Waals surface area (Å²) >= 11 is 6.17. The van der Waals surface area contributed by atoms with Crippen molar-refractivity contribution in [1.29, 1.82) is 0 Å². The molecule has 198 valence electrons. The number of carbonyl (C=O) groups excluding carboxylic acids is 1. The topological polar surface area (TPSA) is 145 Å². The minimum Gasteiger partial charge on any atom is -0.437 e. The number of rotatable bonds is 11. The van der Waals surface area contributed by atoms with E-state index in [4.69, 9.17) is 16.3 Å². The van der Waals surface area contributed by atoms with Crippen LogP contribution in [-0.4, -0.2) is 41.6 Å². The van der Waals surface area contributed by atoms with Crippen LogP contribution in [0.3, 0.4) is 0 Å². The summed E-state index contributed by atoms with van der Waals surface area (Å²) in [7, 11) is -4.21. The number of hydrogen-bond donors (Lipinski definition) is 2. The largest absolute Gasteiger partial charge is 0.437 e. The number of nitro benzene ring substituents is 1. The maximum absolute atomic E-state index is 13.2. The van der Waals surface area contributed by atoms with Crippen molar-refractivity contribution >= 4 is 33.2 Å². The van der Waals surface area contributed by atoms with Crippen LogP contribution in [-0.2, 0) is 10.0 Å². The average Bonchev–Trinajstić information content (AvgIpc) is 3.18. The molecule has 0 saturated carbocycles. The molecule has 1 aromatic heterocycles. The van der Waals surface area contributed by atoms with Gasteiger partial charge in [0.05, 0.1) is 10.6 Å². The number of ether oxygens (including phenoxy) is 1. The van der Waals surface area contributed by atoms with Crippen LogP contribution in [0, 0.1) is 17.0 Å². The number of carbonyl (C=O) groups is 1. The number of nitrogens with zero attached hydrogens (tertiary/aromatic N) is 3. The molecular weight excluding hydrogens is 522 g/mol. The van der Waals surface area contributed by atoms with Gasteiger partial charge in [-0.2, -0.15) is 9.78 Å². The van der Waals surface area contributed by atoms with E-state index in [0.29, 0.717) is 29.2 Å². The van der Waals surface area contributed by atoms with Crippen LogP contribution in [0.5, 0.6) is 11.6 Å². The SMILES string of the molecule is CCCNC(=O)c1nn(-c2cccc(Cl)c2)c(Oc2ccc([N+](=O)[O-])cc2S(=O)(=O)N[C@H](C)CC)c1C. The molecule has 0 radical (unpaired) electrons. The van der Waals surface area contributed by atoms with E-state index in [9.17, 15) is 23.3 Å². The fraction of sp³-hybridized carbons (Fsp3) is 0.333. The highest BCUT2D eigenvalue weighted by Gasteiger charge is 2.28. The van der Waals surface area contributed by atoms with Gasteiger partial charge in [-0.15, -0.1) is 0 Å². The van der Waals surface area contributed by atoms with Crippen LogP contribution in [0.15, 0.2) is 47.4 Å². The van der Waals surface area contributed by atoms with Crippen LogP contribution in [0.25, 0.3) is 5.69 Å². The zero-order chi connectivity index (χ0) is 27.3. The van der Waals surface area contributed by atoms with E-state index in [-0.39, 0.29) is 17.3 Å². The summed E-state index contributed by atoms with van der Waals surface area (Å²) in [6, 6.07) is 9.50. The van der Waals surface area contributed by atoms with E-state index in [1.165, 1.54) is 10.7 Å². The van der Waals surface area contributed by atoms with Gasteiger partial charge in [0, 0.05) is 35.3 Å². The lowest BCUT2D eigenvalue weighted by Gasteiger charge is -2.16. The molecule has 0 aliphatic carbocycles. The van der Waals surface area contributed by atoms with Gasteiger partial charge in [-0.3, -0.25) is 14.9 Å². The molecule has 0 aliphatic rings. The maximum Gasteiger partial charge on any atom is 0.272 e. The number of sulfonamides is 1. The smallest absolute Gasteiger partial charge is 0.272 e. The Bertz CT molecular complexity index is 1420. The molecule has 0 bridgehead atoms. The molecule has 0 aliphatic heterocycles. The van der Waals surface area contributed by atoms with Crippen molar-refractivity contribution in [3.63, 3.8) is 0 Å². The maximum atomic E-state index is 13.2. The lowest BCUT2D eigenvalue weighted by Crippen LogP contribution is -2.32. The monoisotopic (exact) mass is 549 g/mol. The Labute approximate surface area is 220 Å². The first kappa shape index (κ1) is 28.1. The van der Waals surface area contributed by atoms with E-state index in [0.717, 1.165) is 18.6 Å². The fourth-order valence-corrected chi connectivity index (χ4v) is 5.00. The van der Waals surface area contributed by atoms with Gasteiger partial charge in [0.2, 0.25) is 15.9 Å². The van der Waals surface area contributed by atoms with Gasteiger partial charge in [-0.25, -0.2) is 13.1 Å². The van der Waals surface area contributed by atoms with Crippen molar-refractivity contribution in [2.75, 3.05) is 6.54 Å². The van der Waals surface area contributed by atoms with Gasteiger partial charge in [0.1, 0.15) is 10.6 Å². The van der Waals surface area contributed by atoms with Crippen molar-refractivity contribution in [3.05, 3.63) is 68.9 Å². The van der Waals surface area contributed by atoms with Crippen molar-refractivity contribution in [3.8, 4) is 17.3 Å². The number of nitro groups is 1. The third-order valence-electron chi connectivity index (χ3n) is 5.47. The molecule has 3 rings (SSSR count). The summed E-state index contributed by atoms with van der Waals surface area (Å²) in [4.78, 5) is 23.1. The second-order valence-corrected chi connectivity index (χ2v) is 10.5. The van der Waals surface area contributed by atoms with Crippen molar-refractivity contribution in [2.45, 2.75) is 51.5 Å². The Balaban J connectivity index is 2.20. The van der Waals surface area contributed by atoms with Crippen molar-refractivity contribution < 1.29 is 22.9 Å². The first-order valence-electron chi connectivity index (χ1n) is 11.6. The predicted octanol–water partition coefficient (Wildman–Crippen LogP) is 4.75. The van der Waals surface area contributed by atoms with Crippen LogP contribution < -0.4 is 14.8 Å².